The molecule has 2 heterocycles. The molecule has 2 aliphatic rings. The Balaban J connectivity index is 1.65. The normalized spacial score (nSPS) is 22.4. The summed E-state index contributed by atoms with van der Waals surface area (Å²) in [4.78, 5) is 20.1. The first kappa shape index (κ1) is 23.2. The number of benzene rings is 2. The lowest BCUT2D eigenvalue weighted by atomic mass is 9.79. The van der Waals surface area contributed by atoms with Crippen LogP contribution < -0.4 is 10.2 Å². The van der Waals surface area contributed by atoms with Gasteiger partial charge in [-0.1, -0.05) is 37.0 Å². The minimum absolute atomic E-state index is 0.0833. The van der Waals surface area contributed by atoms with Gasteiger partial charge in [0.15, 0.2) is 5.17 Å². The van der Waals surface area contributed by atoms with Gasteiger partial charge in [0.1, 0.15) is 0 Å². The average Bonchev–Trinajstić information content (AvgIpc) is 3.06. The minimum atomic E-state index is -0.168. The van der Waals surface area contributed by atoms with Gasteiger partial charge in [-0.15, -0.1) is 0 Å². The zero-order valence-electron chi connectivity index (χ0n) is 18.7. The maximum atomic E-state index is 12.6. The summed E-state index contributed by atoms with van der Waals surface area (Å²) < 4.78 is 0. The summed E-state index contributed by atoms with van der Waals surface area (Å²) in [5.41, 5.74) is 4.17. The third kappa shape index (κ3) is 4.70. The molecule has 0 saturated carbocycles. The largest absolute Gasteiger partial charge is 0.366 e. The molecule has 1 amide bonds. The number of carbonyl (C=O) groups excluding carboxylic acids is 1. The molecular weight excluding hydrogens is 461 g/mol. The number of thioether (sulfide) groups is 1. The third-order valence-electron chi connectivity index (χ3n) is 5.95. The molecule has 1 unspecified atom stereocenters. The Morgan fingerprint density at radius 2 is 1.97 bits per heavy atom. The summed E-state index contributed by atoms with van der Waals surface area (Å²) in [5, 5.41) is 4.68. The van der Waals surface area contributed by atoms with Crippen molar-refractivity contribution in [1.29, 1.82) is 0 Å². The van der Waals surface area contributed by atoms with E-state index in [2.05, 4.69) is 55.0 Å². The predicted molar refractivity (Wildman–Crippen MR) is 138 cm³/mol. The van der Waals surface area contributed by atoms with Crippen LogP contribution in [0.15, 0.2) is 46.3 Å². The maximum Gasteiger partial charge on any atom is 0.264 e. The third-order valence-corrected chi connectivity index (χ3v) is 7.44. The molecule has 1 atom stereocenters. The monoisotopic (exact) mass is 487 g/mol. The van der Waals surface area contributed by atoms with Crippen molar-refractivity contribution in [2.45, 2.75) is 52.0 Å². The van der Waals surface area contributed by atoms with Crippen LogP contribution in [-0.4, -0.2) is 23.2 Å². The van der Waals surface area contributed by atoms with Crippen molar-refractivity contribution >= 4 is 63.5 Å². The molecule has 2 aliphatic heterocycles. The molecule has 0 aromatic heterocycles. The van der Waals surface area contributed by atoms with E-state index in [1.807, 2.05) is 18.2 Å². The highest BCUT2D eigenvalue weighted by Gasteiger charge is 2.36. The predicted octanol–water partition coefficient (Wildman–Crippen LogP) is 7.39. The highest BCUT2D eigenvalue weighted by Crippen LogP contribution is 2.45. The van der Waals surface area contributed by atoms with Crippen molar-refractivity contribution in [2.24, 2.45) is 4.99 Å². The first-order valence-electron chi connectivity index (χ1n) is 10.8. The molecule has 0 bridgehead atoms. The minimum Gasteiger partial charge on any atom is -0.366 e. The molecule has 2 aromatic rings. The van der Waals surface area contributed by atoms with E-state index in [1.165, 1.54) is 23.0 Å². The van der Waals surface area contributed by atoms with Crippen LogP contribution in [0.5, 0.6) is 0 Å². The van der Waals surface area contributed by atoms with Crippen LogP contribution in [-0.2, 0) is 4.79 Å². The van der Waals surface area contributed by atoms with Gasteiger partial charge in [0.25, 0.3) is 5.91 Å². The Morgan fingerprint density at radius 1 is 1.25 bits per heavy atom. The average molecular weight is 488 g/mol. The number of carbonyl (C=O) groups is 1. The van der Waals surface area contributed by atoms with E-state index in [0.717, 1.165) is 30.6 Å². The maximum absolute atomic E-state index is 12.6. The fourth-order valence-electron chi connectivity index (χ4n) is 4.53. The van der Waals surface area contributed by atoms with Gasteiger partial charge in [-0.05, 0) is 98.0 Å². The van der Waals surface area contributed by atoms with E-state index in [9.17, 15) is 4.79 Å². The molecule has 32 heavy (non-hydrogen) atoms. The Hall–Kier alpha value is -1.95. The number of halogens is 2. The van der Waals surface area contributed by atoms with E-state index in [0.29, 0.717) is 26.0 Å². The number of aliphatic imine (C=N–C) groups is 1. The van der Waals surface area contributed by atoms with Crippen molar-refractivity contribution in [3.63, 3.8) is 0 Å². The highest BCUT2D eigenvalue weighted by molar-refractivity contribution is 8.18. The molecule has 2 aromatic carbocycles. The Morgan fingerprint density at radius 3 is 2.66 bits per heavy atom. The second-order valence-electron chi connectivity index (χ2n) is 8.96. The molecule has 4 nitrogen and oxygen atoms in total. The summed E-state index contributed by atoms with van der Waals surface area (Å²) in [6.07, 6.45) is 4.02. The van der Waals surface area contributed by atoms with Crippen LogP contribution in [0.4, 0.5) is 11.4 Å². The van der Waals surface area contributed by atoms with Crippen molar-refractivity contribution < 1.29 is 4.79 Å². The number of hydrogen-bond acceptors (Lipinski definition) is 4. The lowest BCUT2D eigenvalue weighted by molar-refractivity contribution is -0.115. The number of amidine groups is 1. The van der Waals surface area contributed by atoms with Crippen LogP contribution in [0.3, 0.4) is 0 Å². The van der Waals surface area contributed by atoms with Gasteiger partial charge in [-0.25, -0.2) is 4.99 Å². The van der Waals surface area contributed by atoms with Crippen molar-refractivity contribution in [2.75, 3.05) is 11.4 Å². The fraction of sp³-hybridized carbons (Fsp3) is 0.360. The number of rotatable bonds is 4. The van der Waals surface area contributed by atoms with Crippen LogP contribution in [0.25, 0.3) is 6.08 Å². The topological polar surface area (TPSA) is 44.7 Å². The molecule has 0 spiro atoms. The molecule has 1 saturated heterocycles. The number of fused-ring (bicyclic) bond motifs is 1. The molecule has 4 rings (SSSR count). The van der Waals surface area contributed by atoms with Crippen LogP contribution >= 0.6 is 35.0 Å². The van der Waals surface area contributed by atoms with E-state index in [-0.39, 0.29) is 11.4 Å². The fourth-order valence-corrected chi connectivity index (χ4v) is 5.70. The van der Waals surface area contributed by atoms with Gasteiger partial charge in [0.2, 0.25) is 0 Å². The van der Waals surface area contributed by atoms with Gasteiger partial charge >= 0.3 is 0 Å². The van der Waals surface area contributed by atoms with Crippen LogP contribution in [0.1, 0.15) is 57.6 Å². The number of anilines is 1. The van der Waals surface area contributed by atoms with Crippen LogP contribution in [0.2, 0.25) is 10.0 Å². The molecule has 168 valence electrons. The first-order chi connectivity index (χ1) is 15.2. The van der Waals surface area contributed by atoms with Gasteiger partial charge in [-0.3, -0.25) is 4.79 Å². The van der Waals surface area contributed by atoms with E-state index in [4.69, 9.17) is 23.2 Å². The zero-order chi connectivity index (χ0) is 23.0. The van der Waals surface area contributed by atoms with Crippen LogP contribution in [0, 0.1) is 0 Å². The molecule has 0 aliphatic carbocycles. The number of amides is 1. The summed E-state index contributed by atoms with van der Waals surface area (Å²) >= 11 is 14.0. The molecule has 7 heteroatoms. The number of hydrogen-bond donors (Lipinski definition) is 1. The molecule has 1 N–H and O–H groups in total. The SMILES string of the molecule is CCCN1c2cc(Cl)c(/C=C3/SC(=Nc4ccc(Cl)cc4)NC3=O)cc2C(C)CC1(C)C. The first-order valence-corrected chi connectivity index (χ1v) is 12.4. The van der Waals surface area contributed by atoms with E-state index in [1.54, 1.807) is 12.1 Å². The smallest absolute Gasteiger partial charge is 0.264 e. The number of nitrogens with zero attached hydrogens (tertiary/aromatic N) is 2. The van der Waals surface area contributed by atoms with Gasteiger partial charge < -0.3 is 10.2 Å². The lowest BCUT2D eigenvalue weighted by Gasteiger charge is -2.47. The Bertz CT molecular complexity index is 1110. The highest BCUT2D eigenvalue weighted by atomic mass is 35.5. The Labute approximate surface area is 204 Å². The summed E-state index contributed by atoms with van der Waals surface area (Å²) in [7, 11) is 0. The summed E-state index contributed by atoms with van der Waals surface area (Å²) in [6, 6.07) is 11.4. The second-order valence-corrected chi connectivity index (χ2v) is 10.8. The molecular formula is C25H27Cl2N3OS. The number of nitrogens with one attached hydrogen (secondary N) is 1. The lowest BCUT2D eigenvalue weighted by Crippen LogP contribution is -2.48. The standard InChI is InChI=1S/C25H27Cl2N3OS/c1-5-10-30-21-13-20(27)16(11-19(21)15(2)14-25(30,3)4)12-22-23(31)29-24(32-22)28-18-8-6-17(26)7-9-18/h6-9,11-13,15H,5,10,14H2,1-4H3,(H,28,29,31)/b22-12+. The summed E-state index contributed by atoms with van der Waals surface area (Å²) in [5.74, 6) is 0.243. The van der Waals surface area contributed by atoms with Crippen molar-refractivity contribution in [1.82, 2.24) is 5.32 Å². The van der Waals surface area contributed by atoms with Crippen molar-refractivity contribution in [3.8, 4) is 0 Å². The Kier molecular flexibility index (Phi) is 6.62. The summed E-state index contributed by atoms with van der Waals surface area (Å²) in [6.45, 7) is 10.1. The quantitative estimate of drug-likeness (QED) is 0.457. The zero-order valence-corrected chi connectivity index (χ0v) is 21.0. The molecule has 0 radical (unpaired) electrons. The second kappa shape index (κ2) is 9.12. The van der Waals surface area contributed by atoms with Gasteiger partial charge in [0.05, 0.1) is 10.6 Å². The van der Waals surface area contributed by atoms with E-state index < -0.39 is 0 Å². The van der Waals surface area contributed by atoms with Gasteiger partial charge in [0, 0.05) is 27.8 Å². The van der Waals surface area contributed by atoms with Gasteiger partial charge in [-0.2, -0.15) is 0 Å². The van der Waals surface area contributed by atoms with Crippen molar-refractivity contribution in [3.05, 3.63) is 62.5 Å². The molecule has 1 fully saturated rings. The van der Waals surface area contributed by atoms with E-state index >= 15 is 0 Å².